The fraction of sp³-hybridized carbons (Fsp3) is 0.333. The summed E-state index contributed by atoms with van der Waals surface area (Å²) in [5.74, 6) is 0.0660. The predicted molar refractivity (Wildman–Crippen MR) is 113 cm³/mol. The van der Waals surface area contributed by atoms with E-state index in [0.717, 1.165) is 40.6 Å². The Hall–Kier alpha value is -3.08. The number of amides is 1. The van der Waals surface area contributed by atoms with Gasteiger partial charge in [-0.1, -0.05) is 30.3 Å². The molecule has 5 heteroatoms. The van der Waals surface area contributed by atoms with Crippen molar-refractivity contribution in [1.82, 2.24) is 9.47 Å². The van der Waals surface area contributed by atoms with Crippen LogP contribution >= 0.6 is 0 Å². The van der Waals surface area contributed by atoms with Crippen LogP contribution in [-0.4, -0.2) is 40.9 Å². The van der Waals surface area contributed by atoms with E-state index in [-0.39, 0.29) is 0 Å². The van der Waals surface area contributed by atoms with Crippen molar-refractivity contribution in [2.75, 3.05) is 19.7 Å². The smallest absolute Gasteiger partial charge is 0.295 e. The molecule has 1 amide bonds. The summed E-state index contributed by atoms with van der Waals surface area (Å²) in [5, 5.41) is 0.816. The largest absolute Gasteiger partial charge is 0.491 e. The van der Waals surface area contributed by atoms with Gasteiger partial charge in [0, 0.05) is 30.2 Å². The molecule has 150 valence electrons. The molecule has 0 bridgehead atoms. The minimum atomic E-state index is -0.419. The zero-order valence-corrected chi connectivity index (χ0v) is 17.0. The molecule has 0 atom stereocenters. The number of hydrogen-bond donors (Lipinski definition) is 0. The van der Waals surface area contributed by atoms with Gasteiger partial charge in [0.05, 0.1) is 12.1 Å². The minimum absolute atomic E-state index is 0.392. The number of benzene rings is 2. The second-order valence-electron chi connectivity index (χ2n) is 7.70. The highest BCUT2D eigenvalue weighted by Gasteiger charge is 2.27. The van der Waals surface area contributed by atoms with E-state index in [1.54, 1.807) is 11.1 Å². The number of aryl methyl sites for hydroxylation is 2. The number of ether oxygens (including phenoxy) is 1. The third-order valence-electron chi connectivity index (χ3n) is 5.55. The Morgan fingerprint density at radius 1 is 1.03 bits per heavy atom. The van der Waals surface area contributed by atoms with Crippen molar-refractivity contribution < 1.29 is 14.3 Å². The zero-order chi connectivity index (χ0) is 20.4. The Morgan fingerprint density at radius 2 is 1.79 bits per heavy atom. The first-order valence-corrected chi connectivity index (χ1v) is 10.2. The van der Waals surface area contributed by atoms with E-state index in [0.29, 0.717) is 31.8 Å². The van der Waals surface area contributed by atoms with Crippen molar-refractivity contribution in [1.29, 1.82) is 0 Å². The lowest BCUT2D eigenvalue weighted by atomic mass is 10.1. The Morgan fingerprint density at radius 3 is 2.59 bits per heavy atom. The molecule has 5 nitrogen and oxygen atoms in total. The molecular formula is C24H26N2O3. The number of Topliss-reactive ketones (excluding diaryl/α,β-unsaturated/α-hetero) is 1. The summed E-state index contributed by atoms with van der Waals surface area (Å²) in [5.41, 5.74) is 3.67. The van der Waals surface area contributed by atoms with Gasteiger partial charge in [-0.2, -0.15) is 0 Å². The van der Waals surface area contributed by atoms with E-state index in [2.05, 4.69) is 12.1 Å². The van der Waals surface area contributed by atoms with Crippen molar-refractivity contribution >= 4 is 22.6 Å². The molecule has 1 aliphatic rings. The summed E-state index contributed by atoms with van der Waals surface area (Å²) >= 11 is 0. The Bertz CT molecular complexity index is 1060. The van der Waals surface area contributed by atoms with Crippen molar-refractivity contribution in [3.63, 3.8) is 0 Å². The van der Waals surface area contributed by atoms with Crippen LogP contribution in [0.5, 0.6) is 5.75 Å². The number of carbonyl (C=O) groups excluding carboxylic acids is 2. The lowest BCUT2D eigenvalue weighted by Crippen LogP contribution is -2.34. The van der Waals surface area contributed by atoms with Crippen molar-refractivity contribution in [3.8, 4) is 5.75 Å². The molecule has 1 fully saturated rings. The number of likely N-dealkylation sites (tertiary alicyclic amines) is 1. The molecule has 4 rings (SSSR count). The zero-order valence-electron chi connectivity index (χ0n) is 17.0. The molecule has 0 N–H and O–H groups in total. The van der Waals surface area contributed by atoms with E-state index < -0.39 is 11.7 Å². The van der Waals surface area contributed by atoms with Crippen LogP contribution < -0.4 is 4.74 Å². The maximum absolute atomic E-state index is 12.9. The first kappa shape index (κ1) is 19.2. The Balaban J connectivity index is 1.55. The molecule has 1 aromatic heterocycles. The number of fused-ring (bicyclic) bond motifs is 1. The maximum atomic E-state index is 12.9. The first-order valence-electron chi connectivity index (χ1n) is 10.2. The number of hydrogen-bond acceptors (Lipinski definition) is 3. The summed E-state index contributed by atoms with van der Waals surface area (Å²) in [6.45, 7) is 6.50. The van der Waals surface area contributed by atoms with Crippen molar-refractivity contribution in [2.24, 2.45) is 0 Å². The quantitative estimate of drug-likeness (QED) is 0.469. The minimum Gasteiger partial charge on any atom is -0.491 e. The van der Waals surface area contributed by atoms with Crippen LogP contribution in [-0.2, 0) is 11.3 Å². The Kier molecular flexibility index (Phi) is 5.38. The first-order chi connectivity index (χ1) is 14.0. The van der Waals surface area contributed by atoms with E-state index in [1.807, 2.05) is 48.7 Å². The summed E-state index contributed by atoms with van der Waals surface area (Å²) in [7, 11) is 0. The van der Waals surface area contributed by atoms with E-state index in [4.69, 9.17) is 4.74 Å². The molecule has 0 aliphatic carbocycles. The second kappa shape index (κ2) is 8.11. The van der Waals surface area contributed by atoms with Gasteiger partial charge < -0.3 is 14.2 Å². The van der Waals surface area contributed by atoms with E-state index >= 15 is 0 Å². The molecule has 2 aromatic carbocycles. The van der Waals surface area contributed by atoms with Crippen LogP contribution in [0.1, 0.15) is 34.3 Å². The fourth-order valence-corrected chi connectivity index (χ4v) is 3.91. The molecule has 1 aliphatic heterocycles. The molecule has 29 heavy (non-hydrogen) atoms. The molecule has 0 spiro atoms. The van der Waals surface area contributed by atoms with Gasteiger partial charge in [-0.05, 0) is 49.9 Å². The number of ketones is 1. The van der Waals surface area contributed by atoms with Crippen molar-refractivity contribution in [2.45, 2.75) is 33.2 Å². The lowest BCUT2D eigenvalue weighted by Gasteiger charge is -2.13. The van der Waals surface area contributed by atoms with Crippen LogP contribution in [0.3, 0.4) is 0 Å². The Labute approximate surface area is 170 Å². The molecular weight excluding hydrogens is 364 g/mol. The fourth-order valence-electron chi connectivity index (χ4n) is 3.91. The van der Waals surface area contributed by atoms with Gasteiger partial charge >= 0.3 is 0 Å². The number of nitrogens with zero attached hydrogens (tertiary/aromatic N) is 2. The van der Waals surface area contributed by atoms with Gasteiger partial charge in [0.15, 0.2) is 0 Å². The van der Waals surface area contributed by atoms with Crippen LogP contribution in [0.2, 0.25) is 0 Å². The van der Waals surface area contributed by atoms with E-state index in [1.165, 1.54) is 0 Å². The highest BCUT2D eigenvalue weighted by Crippen LogP contribution is 2.24. The van der Waals surface area contributed by atoms with Crippen LogP contribution in [0.25, 0.3) is 10.9 Å². The highest BCUT2D eigenvalue weighted by atomic mass is 16.5. The molecule has 0 unspecified atom stereocenters. The highest BCUT2D eigenvalue weighted by molar-refractivity contribution is 6.44. The number of rotatable bonds is 6. The van der Waals surface area contributed by atoms with E-state index in [9.17, 15) is 9.59 Å². The lowest BCUT2D eigenvalue weighted by molar-refractivity contribution is -0.125. The molecule has 3 aromatic rings. The third-order valence-corrected chi connectivity index (χ3v) is 5.55. The second-order valence-corrected chi connectivity index (χ2v) is 7.70. The number of carbonyl (C=O) groups is 2. The SMILES string of the molecule is Cc1ccc(C)c(OCCn2cc(C(=O)C(=O)N3CCCC3)c3ccccc32)c1. The summed E-state index contributed by atoms with van der Waals surface area (Å²) in [6, 6.07) is 13.9. The van der Waals surface area contributed by atoms with Gasteiger partial charge in [-0.25, -0.2) is 0 Å². The topological polar surface area (TPSA) is 51.5 Å². The summed E-state index contributed by atoms with van der Waals surface area (Å²) in [6.07, 6.45) is 3.74. The van der Waals surface area contributed by atoms with Crippen molar-refractivity contribution in [3.05, 3.63) is 65.4 Å². The summed E-state index contributed by atoms with van der Waals surface area (Å²) < 4.78 is 7.99. The van der Waals surface area contributed by atoms with Gasteiger partial charge in [0.1, 0.15) is 12.4 Å². The third kappa shape index (κ3) is 3.90. The van der Waals surface area contributed by atoms with Gasteiger partial charge in [-0.15, -0.1) is 0 Å². The summed E-state index contributed by atoms with van der Waals surface area (Å²) in [4.78, 5) is 27.2. The number of para-hydroxylation sites is 1. The van der Waals surface area contributed by atoms with Crippen LogP contribution in [0, 0.1) is 13.8 Å². The molecule has 0 radical (unpaired) electrons. The number of aromatic nitrogens is 1. The molecule has 1 saturated heterocycles. The normalized spacial score (nSPS) is 13.8. The standard InChI is InChI=1S/C24H26N2O3/c1-17-9-10-18(2)22(15-17)29-14-13-26-16-20(19-7-3-4-8-21(19)26)23(27)24(28)25-11-5-6-12-25/h3-4,7-10,15-16H,5-6,11-14H2,1-2H3. The maximum Gasteiger partial charge on any atom is 0.295 e. The predicted octanol–water partition coefficient (Wildman–Crippen LogP) is 4.14. The van der Waals surface area contributed by atoms with Gasteiger partial charge in [0.25, 0.3) is 11.7 Å². The monoisotopic (exact) mass is 390 g/mol. The van der Waals surface area contributed by atoms with Crippen LogP contribution in [0.4, 0.5) is 0 Å². The average Bonchev–Trinajstić information content (AvgIpc) is 3.38. The average molecular weight is 390 g/mol. The van der Waals surface area contributed by atoms with Gasteiger partial charge in [0.2, 0.25) is 0 Å². The van der Waals surface area contributed by atoms with Gasteiger partial charge in [-0.3, -0.25) is 9.59 Å². The molecule has 0 saturated carbocycles. The molecule has 2 heterocycles. The van der Waals surface area contributed by atoms with Crippen LogP contribution in [0.15, 0.2) is 48.7 Å².